The van der Waals surface area contributed by atoms with Gasteiger partial charge in [0, 0.05) is 39.1 Å². The Morgan fingerprint density at radius 1 is 0.286 bits per heavy atom. The summed E-state index contributed by atoms with van der Waals surface area (Å²) in [6, 6.07) is 101. The fraction of sp³-hybridized carbons (Fsp3) is 0.0149. The molecule has 70 heavy (non-hydrogen) atoms. The molecule has 0 fully saturated rings. The van der Waals surface area contributed by atoms with Gasteiger partial charge >= 0.3 is 0 Å². The minimum Gasteiger partial charge on any atom is -0.454 e. The summed E-state index contributed by atoms with van der Waals surface area (Å²) < 4.78 is 6.82. The number of nitrogens with zero attached hydrogens (tertiary/aromatic N) is 2. The number of rotatable bonds is 10. The molecule has 1 aliphatic rings. The Kier molecular flexibility index (Phi) is 10.1. The van der Waals surface area contributed by atoms with E-state index in [0.717, 1.165) is 72.8 Å². The molecule has 0 N–H and O–H groups in total. The van der Waals surface area contributed by atoms with Crippen LogP contribution >= 0.6 is 0 Å². The Labute approximate surface area is 408 Å². The highest BCUT2D eigenvalue weighted by Crippen LogP contribution is 2.57. The molecule has 12 aromatic rings. The van der Waals surface area contributed by atoms with Crippen molar-refractivity contribution >= 4 is 56.1 Å². The SMILES string of the molecule is c1ccc(-c2ccc(N(c3cccc(N(c4ccccc4-c4ccccc4)c4cccc5c4oc4ccccc45)c3)c3cccc(C4(c5ccccc5)c5ccccc5-c5ccccc54)c3)cc2)cc1. The van der Waals surface area contributed by atoms with Crippen molar-refractivity contribution in [1.29, 1.82) is 0 Å². The third-order valence-corrected chi connectivity index (χ3v) is 14.1. The Bertz CT molecular complexity index is 3790. The van der Waals surface area contributed by atoms with Gasteiger partial charge in [-0.3, -0.25) is 0 Å². The predicted molar refractivity (Wildman–Crippen MR) is 291 cm³/mol. The third-order valence-electron chi connectivity index (χ3n) is 14.1. The number of fused-ring (bicyclic) bond motifs is 6. The van der Waals surface area contributed by atoms with Crippen LogP contribution in [0.4, 0.5) is 34.1 Å². The summed E-state index contributed by atoms with van der Waals surface area (Å²) in [5.41, 5.74) is 19.4. The van der Waals surface area contributed by atoms with Gasteiger partial charge in [0.25, 0.3) is 0 Å². The van der Waals surface area contributed by atoms with Crippen LogP contribution in [-0.4, -0.2) is 0 Å². The van der Waals surface area contributed by atoms with Crippen molar-refractivity contribution in [2.45, 2.75) is 5.41 Å². The summed E-state index contributed by atoms with van der Waals surface area (Å²) in [6.07, 6.45) is 0. The molecule has 1 aromatic heterocycles. The van der Waals surface area contributed by atoms with Crippen LogP contribution in [0.15, 0.2) is 283 Å². The topological polar surface area (TPSA) is 19.6 Å². The van der Waals surface area contributed by atoms with Crippen molar-refractivity contribution in [2.75, 3.05) is 9.80 Å². The van der Waals surface area contributed by atoms with Gasteiger partial charge in [-0.15, -0.1) is 0 Å². The van der Waals surface area contributed by atoms with Crippen molar-refractivity contribution in [3.63, 3.8) is 0 Å². The fourth-order valence-electron chi connectivity index (χ4n) is 11.1. The monoisotopic (exact) mass is 894 g/mol. The van der Waals surface area contributed by atoms with Crippen LogP contribution in [0.5, 0.6) is 0 Å². The average molecular weight is 895 g/mol. The second-order valence-electron chi connectivity index (χ2n) is 18.0. The van der Waals surface area contributed by atoms with E-state index in [1.807, 2.05) is 6.07 Å². The molecule has 0 saturated heterocycles. The van der Waals surface area contributed by atoms with E-state index in [1.54, 1.807) is 0 Å². The van der Waals surface area contributed by atoms with E-state index < -0.39 is 5.41 Å². The number of benzene rings is 11. The minimum absolute atomic E-state index is 0.557. The van der Waals surface area contributed by atoms with Gasteiger partial charge < -0.3 is 14.2 Å². The standard InChI is InChI=1S/C67H46N2O/c1-4-21-47(22-5-1)48-41-43-52(44-42-48)68(53-28-18-27-51(45-53)67(50-25-8-3-9-26-50)61-36-14-10-32-57(61)58-33-11-15-37-62(58)67)54-29-19-30-55(46-54)69(63-38-16-12-31-56(63)49-23-6-2-7-24-49)64-39-20-35-60-59-34-13-17-40-65(59)70-66(60)64/h1-46H. The van der Waals surface area contributed by atoms with Crippen molar-refractivity contribution in [3.8, 4) is 33.4 Å². The maximum absolute atomic E-state index is 6.82. The summed E-state index contributed by atoms with van der Waals surface area (Å²) in [6.45, 7) is 0. The van der Waals surface area contributed by atoms with E-state index in [2.05, 4.69) is 283 Å². The highest BCUT2D eigenvalue weighted by atomic mass is 16.3. The summed E-state index contributed by atoms with van der Waals surface area (Å²) in [7, 11) is 0. The number of furan rings is 1. The first-order valence-corrected chi connectivity index (χ1v) is 24.0. The van der Waals surface area contributed by atoms with Gasteiger partial charge in [0.15, 0.2) is 5.58 Å². The van der Waals surface area contributed by atoms with Crippen LogP contribution in [-0.2, 0) is 5.41 Å². The fourth-order valence-corrected chi connectivity index (χ4v) is 11.1. The van der Waals surface area contributed by atoms with Crippen LogP contribution in [0.3, 0.4) is 0 Å². The summed E-state index contributed by atoms with van der Waals surface area (Å²) in [5.74, 6) is 0. The van der Waals surface area contributed by atoms with E-state index >= 15 is 0 Å². The summed E-state index contributed by atoms with van der Waals surface area (Å²) >= 11 is 0. The zero-order valence-corrected chi connectivity index (χ0v) is 38.4. The van der Waals surface area contributed by atoms with Crippen LogP contribution in [0.1, 0.15) is 22.3 Å². The molecule has 13 rings (SSSR count). The smallest absolute Gasteiger partial charge is 0.159 e. The van der Waals surface area contributed by atoms with Gasteiger partial charge in [-0.2, -0.15) is 0 Å². The molecule has 0 spiro atoms. The second-order valence-corrected chi connectivity index (χ2v) is 18.0. The van der Waals surface area contributed by atoms with Gasteiger partial charge in [-0.25, -0.2) is 0 Å². The lowest BCUT2D eigenvalue weighted by molar-refractivity contribution is 0.669. The van der Waals surface area contributed by atoms with E-state index in [1.165, 1.54) is 38.9 Å². The molecule has 0 atom stereocenters. The first kappa shape index (κ1) is 41.0. The minimum atomic E-state index is -0.557. The number of para-hydroxylation sites is 3. The zero-order valence-electron chi connectivity index (χ0n) is 38.4. The van der Waals surface area contributed by atoms with E-state index in [-0.39, 0.29) is 0 Å². The van der Waals surface area contributed by atoms with Crippen molar-refractivity contribution in [2.24, 2.45) is 0 Å². The molecule has 0 aliphatic heterocycles. The van der Waals surface area contributed by atoms with Crippen LogP contribution in [0.25, 0.3) is 55.3 Å². The molecule has 0 saturated carbocycles. The van der Waals surface area contributed by atoms with Crippen molar-refractivity contribution in [3.05, 3.63) is 301 Å². The van der Waals surface area contributed by atoms with Gasteiger partial charge in [0.2, 0.25) is 0 Å². The second kappa shape index (κ2) is 17.2. The molecule has 0 amide bonds. The largest absolute Gasteiger partial charge is 0.454 e. The quantitative estimate of drug-likeness (QED) is 0.136. The molecule has 3 heteroatoms. The molecule has 3 nitrogen and oxygen atoms in total. The molecule has 1 heterocycles. The normalized spacial score (nSPS) is 12.4. The first-order chi connectivity index (χ1) is 34.7. The maximum atomic E-state index is 6.82. The molecule has 0 bridgehead atoms. The van der Waals surface area contributed by atoms with Crippen LogP contribution in [0, 0.1) is 0 Å². The third kappa shape index (κ3) is 6.74. The molecular formula is C67H46N2O. The molecule has 0 unspecified atom stereocenters. The summed E-state index contributed by atoms with van der Waals surface area (Å²) in [5, 5.41) is 2.17. The van der Waals surface area contributed by atoms with Gasteiger partial charge in [-0.05, 0) is 111 Å². The van der Waals surface area contributed by atoms with Crippen molar-refractivity contribution in [1.82, 2.24) is 0 Å². The highest BCUT2D eigenvalue weighted by molar-refractivity contribution is 6.11. The lowest BCUT2D eigenvalue weighted by Gasteiger charge is -2.35. The number of hydrogen-bond donors (Lipinski definition) is 0. The molecule has 1 aliphatic carbocycles. The average Bonchev–Trinajstić information content (AvgIpc) is 3.97. The molecular weight excluding hydrogens is 849 g/mol. The molecule has 330 valence electrons. The Balaban J connectivity index is 1.04. The zero-order chi connectivity index (χ0) is 46.4. The highest BCUT2D eigenvalue weighted by Gasteiger charge is 2.46. The van der Waals surface area contributed by atoms with Gasteiger partial charge in [-0.1, -0.05) is 218 Å². The summed E-state index contributed by atoms with van der Waals surface area (Å²) in [4.78, 5) is 4.79. The molecule has 11 aromatic carbocycles. The van der Waals surface area contributed by atoms with Crippen LogP contribution in [0.2, 0.25) is 0 Å². The lowest BCUT2D eigenvalue weighted by Crippen LogP contribution is -2.28. The Hall–Kier alpha value is -9.18. The molecule has 0 radical (unpaired) electrons. The Morgan fingerprint density at radius 2 is 0.771 bits per heavy atom. The predicted octanol–water partition coefficient (Wildman–Crippen LogP) is 18.2. The van der Waals surface area contributed by atoms with E-state index in [4.69, 9.17) is 4.42 Å². The maximum Gasteiger partial charge on any atom is 0.159 e. The number of anilines is 6. The van der Waals surface area contributed by atoms with Crippen molar-refractivity contribution < 1.29 is 4.42 Å². The van der Waals surface area contributed by atoms with Gasteiger partial charge in [0.1, 0.15) is 5.58 Å². The van der Waals surface area contributed by atoms with E-state index in [9.17, 15) is 0 Å². The lowest BCUT2D eigenvalue weighted by atomic mass is 9.67. The first-order valence-electron chi connectivity index (χ1n) is 24.0. The van der Waals surface area contributed by atoms with Gasteiger partial charge in [0.05, 0.1) is 16.8 Å². The number of hydrogen-bond acceptors (Lipinski definition) is 3. The van der Waals surface area contributed by atoms with Crippen LogP contribution < -0.4 is 9.80 Å². The Morgan fingerprint density at radius 3 is 1.49 bits per heavy atom. The van der Waals surface area contributed by atoms with E-state index in [0.29, 0.717) is 0 Å².